The van der Waals surface area contributed by atoms with E-state index in [0.717, 1.165) is 11.3 Å². The molecule has 0 saturated heterocycles. The van der Waals surface area contributed by atoms with Crippen LogP contribution in [0.2, 0.25) is 0 Å². The molecule has 0 saturated carbocycles. The van der Waals surface area contributed by atoms with E-state index >= 15 is 0 Å². The lowest BCUT2D eigenvalue weighted by molar-refractivity contribution is -0.119. The van der Waals surface area contributed by atoms with Crippen LogP contribution in [0.25, 0.3) is 0 Å². The van der Waals surface area contributed by atoms with Gasteiger partial charge in [0.2, 0.25) is 11.8 Å². The molecule has 2 heterocycles. The van der Waals surface area contributed by atoms with Crippen molar-refractivity contribution in [2.24, 2.45) is 5.73 Å². The lowest BCUT2D eigenvalue weighted by Crippen LogP contribution is -2.24. The van der Waals surface area contributed by atoms with E-state index in [4.69, 9.17) is 10.2 Å². The molecule has 0 fully saturated rings. The van der Waals surface area contributed by atoms with Crippen LogP contribution in [0.15, 0.2) is 58.3 Å². The number of thioether (sulfide) groups is 1. The lowest BCUT2D eigenvalue weighted by Gasteiger charge is -2.09. The summed E-state index contributed by atoms with van der Waals surface area (Å²) in [6.45, 7) is 0.894. The van der Waals surface area contributed by atoms with Crippen LogP contribution < -0.4 is 11.1 Å². The summed E-state index contributed by atoms with van der Waals surface area (Å²) in [7, 11) is 0. The Morgan fingerprint density at radius 3 is 2.68 bits per heavy atom. The highest BCUT2D eigenvalue weighted by atomic mass is 32.2. The van der Waals surface area contributed by atoms with Gasteiger partial charge in [0.1, 0.15) is 11.6 Å². The fraction of sp³-hybridized carbons (Fsp3) is 0.263. The zero-order chi connectivity index (χ0) is 19.8. The van der Waals surface area contributed by atoms with Gasteiger partial charge in [0.05, 0.1) is 18.6 Å². The Morgan fingerprint density at radius 2 is 1.96 bits per heavy atom. The number of benzene rings is 1. The number of carbonyl (C=O) groups is 2. The SMILES string of the molecule is NC(=O)CCc1nnc(SCC(=O)NCc2ccccc2)n1Cc1ccco1. The third kappa shape index (κ3) is 5.71. The van der Waals surface area contributed by atoms with Crippen molar-refractivity contribution in [3.05, 3.63) is 65.9 Å². The van der Waals surface area contributed by atoms with E-state index in [-0.39, 0.29) is 18.1 Å². The molecule has 0 spiro atoms. The van der Waals surface area contributed by atoms with Gasteiger partial charge in [0, 0.05) is 19.4 Å². The largest absolute Gasteiger partial charge is 0.467 e. The number of nitrogens with one attached hydrogen (secondary N) is 1. The maximum atomic E-state index is 12.2. The molecular weight excluding hydrogens is 378 g/mol. The standard InChI is InChI=1S/C19H21N5O3S/c20-16(25)8-9-17-22-23-19(24(17)12-15-7-4-10-27-15)28-13-18(26)21-11-14-5-2-1-3-6-14/h1-7,10H,8-9,11-13H2,(H2,20,25)(H,21,26). The van der Waals surface area contributed by atoms with Crippen molar-refractivity contribution in [3.8, 4) is 0 Å². The maximum absolute atomic E-state index is 12.2. The van der Waals surface area contributed by atoms with Gasteiger partial charge in [-0.3, -0.25) is 14.2 Å². The van der Waals surface area contributed by atoms with E-state index in [2.05, 4.69) is 15.5 Å². The Bertz CT molecular complexity index is 909. The monoisotopic (exact) mass is 399 g/mol. The summed E-state index contributed by atoms with van der Waals surface area (Å²) in [6.07, 6.45) is 2.15. The minimum atomic E-state index is -0.401. The first-order valence-corrected chi connectivity index (χ1v) is 9.76. The van der Waals surface area contributed by atoms with E-state index in [1.54, 1.807) is 12.3 Å². The molecule has 0 aliphatic carbocycles. The average Bonchev–Trinajstić information content (AvgIpc) is 3.34. The number of amides is 2. The van der Waals surface area contributed by atoms with E-state index in [1.807, 2.05) is 41.0 Å². The molecule has 0 aliphatic rings. The summed E-state index contributed by atoms with van der Waals surface area (Å²) in [5.41, 5.74) is 6.28. The van der Waals surface area contributed by atoms with Gasteiger partial charge >= 0.3 is 0 Å². The first-order valence-electron chi connectivity index (χ1n) is 8.78. The van der Waals surface area contributed by atoms with Crippen molar-refractivity contribution >= 4 is 23.6 Å². The quantitative estimate of drug-likeness (QED) is 0.502. The number of carbonyl (C=O) groups excluding carboxylic acids is 2. The molecule has 9 heteroatoms. The minimum absolute atomic E-state index is 0.0971. The number of primary amides is 1. The van der Waals surface area contributed by atoms with Gasteiger partial charge in [-0.05, 0) is 17.7 Å². The third-order valence-corrected chi connectivity index (χ3v) is 4.91. The number of aryl methyl sites for hydroxylation is 1. The van der Waals surface area contributed by atoms with E-state index in [0.29, 0.717) is 30.5 Å². The molecule has 3 aromatic rings. The van der Waals surface area contributed by atoms with Gasteiger partial charge < -0.3 is 15.5 Å². The molecule has 1 aromatic carbocycles. The zero-order valence-corrected chi connectivity index (χ0v) is 16.0. The Balaban J connectivity index is 1.61. The van der Waals surface area contributed by atoms with E-state index in [1.165, 1.54) is 11.8 Å². The van der Waals surface area contributed by atoms with Crippen molar-refractivity contribution in [3.63, 3.8) is 0 Å². The molecule has 2 amide bonds. The van der Waals surface area contributed by atoms with Gasteiger partial charge in [0.25, 0.3) is 0 Å². The Kier molecular flexibility index (Phi) is 6.85. The second-order valence-electron chi connectivity index (χ2n) is 6.08. The van der Waals surface area contributed by atoms with Crippen molar-refractivity contribution < 1.29 is 14.0 Å². The molecule has 0 atom stereocenters. The molecule has 28 heavy (non-hydrogen) atoms. The Morgan fingerprint density at radius 1 is 1.14 bits per heavy atom. The molecule has 3 rings (SSSR count). The van der Waals surface area contributed by atoms with Crippen LogP contribution in [0.3, 0.4) is 0 Å². The van der Waals surface area contributed by atoms with E-state index in [9.17, 15) is 9.59 Å². The second-order valence-corrected chi connectivity index (χ2v) is 7.02. The summed E-state index contributed by atoms with van der Waals surface area (Å²) in [5.74, 6) is 1.07. The molecule has 8 nitrogen and oxygen atoms in total. The van der Waals surface area contributed by atoms with Crippen LogP contribution >= 0.6 is 11.8 Å². The normalized spacial score (nSPS) is 10.7. The highest BCUT2D eigenvalue weighted by Gasteiger charge is 2.16. The highest BCUT2D eigenvalue weighted by molar-refractivity contribution is 7.99. The molecule has 0 unspecified atom stereocenters. The van der Waals surface area contributed by atoms with Gasteiger partial charge in [-0.2, -0.15) is 0 Å². The fourth-order valence-corrected chi connectivity index (χ4v) is 3.33. The van der Waals surface area contributed by atoms with Gasteiger partial charge in [-0.1, -0.05) is 42.1 Å². The first kappa shape index (κ1) is 19.7. The number of nitrogens with two attached hydrogens (primary N) is 1. The molecule has 0 aliphatic heterocycles. The fourth-order valence-electron chi connectivity index (χ4n) is 2.54. The molecule has 3 N–H and O–H groups in total. The van der Waals surface area contributed by atoms with Crippen LogP contribution in [-0.2, 0) is 29.1 Å². The second kappa shape index (κ2) is 9.75. The van der Waals surface area contributed by atoms with Gasteiger partial charge in [-0.25, -0.2) is 0 Å². The van der Waals surface area contributed by atoms with Crippen LogP contribution in [0.1, 0.15) is 23.6 Å². The van der Waals surface area contributed by atoms with E-state index < -0.39 is 5.91 Å². The number of aromatic nitrogens is 3. The van der Waals surface area contributed by atoms with Crippen molar-refractivity contribution in [1.29, 1.82) is 0 Å². The topological polar surface area (TPSA) is 116 Å². The number of furan rings is 1. The summed E-state index contributed by atoms with van der Waals surface area (Å²) in [4.78, 5) is 23.3. The smallest absolute Gasteiger partial charge is 0.230 e. The van der Waals surface area contributed by atoms with Crippen molar-refractivity contribution in [1.82, 2.24) is 20.1 Å². The lowest BCUT2D eigenvalue weighted by atomic mass is 10.2. The Hall–Kier alpha value is -3.07. The van der Waals surface area contributed by atoms with Crippen molar-refractivity contribution in [2.45, 2.75) is 31.1 Å². The molecule has 0 bridgehead atoms. The summed E-state index contributed by atoms with van der Waals surface area (Å²) in [5, 5.41) is 11.8. The van der Waals surface area contributed by atoms with Crippen LogP contribution in [0, 0.1) is 0 Å². The predicted molar refractivity (Wildman–Crippen MR) is 104 cm³/mol. The van der Waals surface area contributed by atoms with Crippen LogP contribution in [-0.4, -0.2) is 32.3 Å². The van der Waals surface area contributed by atoms with Gasteiger partial charge in [-0.15, -0.1) is 10.2 Å². The van der Waals surface area contributed by atoms with Crippen LogP contribution in [0.5, 0.6) is 0 Å². The number of hydrogen-bond donors (Lipinski definition) is 2. The number of nitrogens with zero attached hydrogens (tertiary/aromatic N) is 3. The molecule has 0 radical (unpaired) electrons. The average molecular weight is 399 g/mol. The summed E-state index contributed by atoms with van der Waals surface area (Å²) >= 11 is 1.29. The van der Waals surface area contributed by atoms with Crippen LogP contribution in [0.4, 0.5) is 0 Å². The molecule has 2 aromatic heterocycles. The number of hydrogen-bond acceptors (Lipinski definition) is 6. The molecule has 146 valence electrons. The summed E-state index contributed by atoms with van der Waals surface area (Å²) < 4.78 is 7.24. The highest BCUT2D eigenvalue weighted by Crippen LogP contribution is 2.19. The predicted octanol–water partition coefficient (Wildman–Crippen LogP) is 1.75. The van der Waals surface area contributed by atoms with Crippen molar-refractivity contribution in [2.75, 3.05) is 5.75 Å². The molecular formula is C19H21N5O3S. The maximum Gasteiger partial charge on any atom is 0.230 e. The van der Waals surface area contributed by atoms with Gasteiger partial charge in [0.15, 0.2) is 5.16 Å². The third-order valence-electron chi connectivity index (χ3n) is 3.95. The zero-order valence-electron chi connectivity index (χ0n) is 15.2. The summed E-state index contributed by atoms with van der Waals surface area (Å²) in [6, 6.07) is 13.4. The minimum Gasteiger partial charge on any atom is -0.467 e. The first-order chi connectivity index (χ1) is 13.6. The number of rotatable bonds is 10. The Labute approximate surface area is 166 Å².